The molecule has 0 N–H and O–H groups in total. The Balaban J connectivity index is 1.87. The summed E-state index contributed by atoms with van der Waals surface area (Å²) < 4.78 is 27.6. The zero-order chi connectivity index (χ0) is 24.1. The Morgan fingerprint density at radius 1 is 0.600 bits per heavy atom. The summed E-state index contributed by atoms with van der Waals surface area (Å²) in [7, 11) is 0. The van der Waals surface area contributed by atoms with Gasteiger partial charge >= 0.3 is 0 Å². The van der Waals surface area contributed by atoms with Gasteiger partial charge in [0.2, 0.25) is 0 Å². The molecule has 0 unspecified atom stereocenters. The van der Waals surface area contributed by atoms with Gasteiger partial charge in [0.05, 0.1) is 0 Å². The van der Waals surface area contributed by atoms with E-state index < -0.39 is 5.82 Å². The third kappa shape index (κ3) is 3.39. The maximum Gasteiger partial charge on any atom is 0.194 e. The van der Waals surface area contributed by atoms with Crippen LogP contribution in [-0.2, 0) is 0 Å². The van der Waals surface area contributed by atoms with E-state index in [1.807, 2.05) is 36.4 Å². The predicted octanol–water partition coefficient (Wildman–Crippen LogP) is 8.63. The lowest BCUT2D eigenvalue weighted by Crippen LogP contribution is -2.06. The van der Waals surface area contributed by atoms with Crippen molar-refractivity contribution >= 4 is 38.1 Å². The minimum atomic E-state index is -0.398. The van der Waals surface area contributed by atoms with Crippen molar-refractivity contribution in [1.82, 2.24) is 0 Å². The van der Waals surface area contributed by atoms with Crippen LogP contribution >= 0.6 is 0 Å². The number of benzene rings is 6. The Morgan fingerprint density at radius 2 is 1.14 bits per heavy atom. The average molecular weight is 459 g/mol. The number of hydrogen-bond acceptors (Lipinski definition) is 1. The van der Waals surface area contributed by atoms with E-state index in [2.05, 4.69) is 25.1 Å². The van der Waals surface area contributed by atoms with Crippen LogP contribution in [0.1, 0.15) is 21.5 Å². The summed E-state index contributed by atoms with van der Waals surface area (Å²) in [6.07, 6.45) is 0. The average Bonchev–Trinajstić information content (AvgIpc) is 2.89. The Kier molecular flexibility index (Phi) is 4.93. The molecular weight excluding hydrogens is 438 g/mol. The summed E-state index contributed by atoms with van der Waals surface area (Å²) in [6.45, 7) is 2.09. The number of carbonyl (C=O) groups is 1. The van der Waals surface area contributed by atoms with E-state index >= 15 is 0 Å². The van der Waals surface area contributed by atoms with Crippen LogP contribution in [0.25, 0.3) is 43.4 Å². The zero-order valence-corrected chi connectivity index (χ0v) is 19.0. The molecule has 0 aliphatic rings. The van der Waals surface area contributed by atoms with Gasteiger partial charge in [0.15, 0.2) is 5.78 Å². The van der Waals surface area contributed by atoms with Crippen molar-refractivity contribution in [3.05, 3.63) is 131 Å². The highest BCUT2D eigenvalue weighted by Gasteiger charge is 2.24. The molecule has 168 valence electrons. The molecule has 0 atom stereocenters. The number of carbonyl (C=O) groups excluding carboxylic acids is 1. The van der Waals surface area contributed by atoms with Crippen molar-refractivity contribution < 1.29 is 13.6 Å². The first-order valence-electron chi connectivity index (χ1n) is 11.5. The molecule has 0 saturated heterocycles. The molecule has 0 aromatic heterocycles. The van der Waals surface area contributed by atoms with E-state index in [1.165, 1.54) is 36.4 Å². The van der Waals surface area contributed by atoms with Crippen LogP contribution in [0.3, 0.4) is 0 Å². The molecule has 3 heteroatoms. The number of halogens is 2. The van der Waals surface area contributed by atoms with E-state index in [1.54, 1.807) is 12.1 Å². The smallest absolute Gasteiger partial charge is 0.194 e. The highest BCUT2D eigenvalue weighted by Crippen LogP contribution is 2.44. The maximum absolute atomic E-state index is 14.1. The van der Waals surface area contributed by atoms with Crippen LogP contribution in [0, 0.1) is 18.6 Å². The van der Waals surface area contributed by atoms with Crippen LogP contribution in [-0.4, -0.2) is 5.78 Å². The summed E-state index contributed by atoms with van der Waals surface area (Å²) in [5.41, 5.74) is 3.57. The fourth-order valence-corrected chi connectivity index (χ4v) is 5.12. The summed E-state index contributed by atoms with van der Waals surface area (Å²) in [5.74, 6) is -0.941. The van der Waals surface area contributed by atoms with Crippen molar-refractivity contribution in [3.8, 4) is 11.1 Å². The minimum Gasteiger partial charge on any atom is -0.289 e. The predicted molar refractivity (Wildman–Crippen MR) is 139 cm³/mol. The lowest BCUT2D eigenvalue weighted by molar-refractivity contribution is 0.104. The quantitative estimate of drug-likeness (QED) is 0.192. The molecule has 6 aromatic rings. The number of rotatable bonds is 3. The van der Waals surface area contributed by atoms with Gasteiger partial charge in [-0.25, -0.2) is 8.78 Å². The molecule has 0 radical (unpaired) electrons. The molecule has 1 nitrogen and oxygen atoms in total. The second-order valence-electron chi connectivity index (χ2n) is 8.80. The highest BCUT2D eigenvalue weighted by molar-refractivity contribution is 6.32. The number of aryl methyl sites for hydroxylation is 1. The van der Waals surface area contributed by atoms with Crippen molar-refractivity contribution in [2.45, 2.75) is 6.92 Å². The zero-order valence-electron chi connectivity index (χ0n) is 19.0. The van der Waals surface area contributed by atoms with Gasteiger partial charge in [0, 0.05) is 16.7 Å². The Morgan fingerprint density at radius 3 is 1.80 bits per heavy atom. The van der Waals surface area contributed by atoms with E-state index in [-0.39, 0.29) is 11.6 Å². The van der Waals surface area contributed by atoms with Crippen LogP contribution < -0.4 is 0 Å². The molecule has 0 heterocycles. The summed E-state index contributed by atoms with van der Waals surface area (Å²) in [4.78, 5) is 14.1. The molecule has 0 amide bonds. The largest absolute Gasteiger partial charge is 0.289 e. The number of fused-ring (bicyclic) bond motifs is 5. The fraction of sp³-hybridized carbons (Fsp3) is 0.0312. The van der Waals surface area contributed by atoms with E-state index in [9.17, 15) is 13.6 Å². The van der Waals surface area contributed by atoms with E-state index in [0.29, 0.717) is 11.1 Å². The van der Waals surface area contributed by atoms with Crippen molar-refractivity contribution in [2.75, 3.05) is 0 Å². The lowest BCUT2D eigenvalue weighted by Gasteiger charge is -2.20. The third-order valence-electron chi connectivity index (χ3n) is 6.70. The Bertz CT molecular complexity index is 1770. The molecule has 0 bridgehead atoms. The van der Waals surface area contributed by atoms with Crippen LogP contribution in [0.15, 0.2) is 103 Å². The van der Waals surface area contributed by atoms with Crippen LogP contribution in [0.5, 0.6) is 0 Å². The molecule has 35 heavy (non-hydrogen) atoms. The number of ketones is 1. The first-order chi connectivity index (χ1) is 17.0. The normalized spacial score (nSPS) is 11.4. The van der Waals surface area contributed by atoms with Crippen molar-refractivity contribution in [2.24, 2.45) is 0 Å². The van der Waals surface area contributed by atoms with E-state index in [0.717, 1.165) is 49.0 Å². The Hall–Kier alpha value is -4.37. The first kappa shape index (κ1) is 21.2. The van der Waals surface area contributed by atoms with Crippen LogP contribution in [0.4, 0.5) is 8.78 Å². The monoisotopic (exact) mass is 458 g/mol. The lowest BCUT2D eigenvalue weighted by atomic mass is 9.82. The molecule has 0 fully saturated rings. The molecule has 6 rings (SSSR count). The molecule has 0 aliphatic carbocycles. The summed E-state index contributed by atoms with van der Waals surface area (Å²) >= 11 is 0. The topological polar surface area (TPSA) is 17.1 Å². The van der Waals surface area contributed by atoms with Gasteiger partial charge in [-0.3, -0.25) is 4.79 Å². The first-order valence-corrected chi connectivity index (χ1v) is 11.5. The van der Waals surface area contributed by atoms with Gasteiger partial charge in [-0.05, 0) is 86.8 Å². The third-order valence-corrected chi connectivity index (χ3v) is 6.70. The molecule has 0 saturated carbocycles. The summed E-state index contributed by atoms with van der Waals surface area (Å²) in [5, 5.41) is 5.88. The maximum atomic E-state index is 14.1. The summed E-state index contributed by atoms with van der Waals surface area (Å²) in [6, 6.07) is 30.1. The standard InChI is InChI=1S/C32H20F2O/c1-19-18-28-25-7-3-5-9-27(25)31(32(35)21-12-16-23(34)17-13-21)29(20-10-14-22(33)15-11-20)30(28)26-8-4-2-6-24(19)26/h2-18H,1H3. The van der Waals surface area contributed by atoms with Gasteiger partial charge in [-0.15, -0.1) is 0 Å². The fourth-order valence-electron chi connectivity index (χ4n) is 5.12. The van der Waals surface area contributed by atoms with Gasteiger partial charge in [0.1, 0.15) is 11.6 Å². The van der Waals surface area contributed by atoms with Gasteiger partial charge in [0.25, 0.3) is 0 Å². The number of hydrogen-bond donors (Lipinski definition) is 0. The van der Waals surface area contributed by atoms with Gasteiger partial charge in [-0.2, -0.15) is 0 Å². The van der Waals surface area contributed by atoms with Crippen molar-refractivity contribution in [1.29, 1.82) is 0 Å². The van der Waals surface area contributed by atoms with Gasteiger partial charge in [-0.1, -0.05) is 66.7 Å². The SMILES string of the molecule is Cc1cc2c3ccccc3c(C(=O)c3ccc(F)cc3)c(-c3ccc(F)cc3)c2c2ccccc12. The second kappa shape index (κ2) is 8.14. The highest BCUT2D eigenvalue weighted by atomic mass is 19.1. The molecule has 0 aliphatic heterocycles. The Labute approximate surface area is 201 Å². The van der Waals surface area contributed by atoms with Gasteiger partial charge < -0.3 is 0 Å². The minimum absolute atomic E-state index is 0.202. The van der Waals surface area contributed by atoms with E-state index in [4.69, 9.17) is 0 Å². The second-order valence-corrected chi connectivity index (χ2v) is 8.80. The van der Waals surface area contributed by atoms with Crippen LogP contribution in [0.2, 0.25) is 0 Å². The molecular formula is C32H20F2O. The molecule has 6 aromatic carbocycles. The van der Waals surface area contributed by atoms with Crippen molar-refractivity contribution in [3.63, 3.8) is 0 Å². The molecule has 0 spiro atoms.